The van der Waals surface area contributed by atoms with Crippen LogP contribution in [-0.4, -0.2) is 30.1 Å². The molecule has 0 atom stereocenters. The molecule has 1 aliphatic rings. The number of amides is 2. The predicted molar refractivity (Wildman–Crippen MR) is 103 cm³/mol. The Morgan fingerprint density at radius 3 is 2.59 bits per heavy atom. The van der Waals surface area contributed by atoms with Gasteiger partial charge in [-0.15, -0.1) is 0 Å². The Balaban J connectivity index is 1.68. The average molecular weight is 368 g/mol. The minimum Gasteiger partial charge on any atom is -0.454 e. The van der Waals surface area contributed by atoms with Crippen LogP contribution in [-0.2, 0) is 16.1 Å². The highest BCUT2D eigenvalue weighted by molar-refractivity contribution is 5.95. The van der Waals surface area contributed by atoms with Crippen molar-refractivity contribution >= 4 is 17.5 Å². The van der Waals surface area contributed by atoms with Crippen LogP contribution < -0.4 is 14.8 Å². The first-order chi connectivity index (χ1) is 12.9. The molecule has 0 radical (unpaired) electrons. The van der Waals surface area contributed by atoms with Gasteiger partial charge in [-0.05, 0) is 35.2 Å². The van der Waals surface area contributed by atoms with E-state index in [1.807, 2.05) is 42.5 Å². The monoisotopic (exact) mass is 368 g/mol. The largest absolute Gasteiger partial charge is 0.454 e. The summed E-state index contributed by atoms with van der Waals surface area (Å²) in [6.45, 7) is 6.12. The van der Waals surface area contributed by atoms with E-state index in [0.29, 0.717) is 24.0 Å². The first-order valence-electron chi connectivity index (χ1n) is 8.97. The molecule has 0 aromatic heterocycles. The van der Waals surface area contributed by atoms with Gasteiger partial charge in [0, 0.05) is 19.2 Å². The maximum absolute atomic E-state index is 12.5. The third kappa shape index (κ3) is 4.58. The van der Waals surface area contributed by atoms with Crippen LogP contribution in [0.2, 0.25) is 0 Å². The number of fused-ring (bicyclic) bond motifs is 1. The number of ether oxygens (including phenoxy) is 2. The number of hydrogen-bond donors (Lipinski definition) is 1. The van der Waals surface area contributed by atoms with Gasteiger partial charge in [-0.2, -0.15) is 0 Å². The number of anilines is 1. The second-order valence-electron chi connectivity index (χ2n) is 6.85. The Morgan fingerprint density at radius 1 is 1.11 bits per heavy atom. The van der Waals surface area contributed by atoms with Crippen LogP contribution in [0.15, 0.2) is 42.5 Å². The molecule has 0 fully saturated rings. The van der Waals surface area contributed by atoms with Crippen molar-refractivity contribution < 1.29 is 19.1 Å². The summed E-state index contributed by atoms with van der Waals surface area (Å²) in [6, 6.07) is 13.2. The van der Waals surface area contributed by atoms with E-state index >= 15 is 0 Å². The zero-order chi connectivity index (χ0) is 19.4. The van der Waals surface area contributed by atoms with Crippen molar-refractivity contribution in [2.75, 3.05) is 18.7 Å². The number of carbonyl (C=O) groups excluding carboxylic acids is 2. The third-order valence-electron chi connectivity index (χ3n) is 4.45. The van der Waals surface area contributed by atoms with Gasteiger partial charge in [0.05, 0.1) is 0 Å². The zero-order valence-electron chi connectivity index (χ0n) is 15.8. The van der Waals surface area contributed by atoms with E-state index in [2.05, 4.69) is 19.2 Å². The fourth-order valence-corrected chi connectivity index (χ4v) is 3.02. The van der Waals surface area contributed by atoms with Gasteiger partial charge < -0.3 is 19.7 Å². The van der Waals surface area contributed by atoms with Crippen LogP contribution in [0.5, 0.6) is 11.5 Å². The molecule has 142 valence electrons. The van der Waals surface area contributed by atoms with Crippen LogP contribution in [0.4, 0.5) is 5.69 Å². The second-order valence-corrected chi connectivity index (χ2v) is 6.85. The Bertz CT molecular complexity index is 848. The molecule has 6 nitrogen and oxygen atoms in total. The summed E-state index contributed by atoms with van der Waals surface area (Å²) in [5.74, 6) is 1.25. The van der Waals surface area contributed by atoms with Crippen LogP contribution in [0.25, 0.3) is 0 Å². The van der Waals surface area contributed by atoms with E-state index in [0.717, 1.165) is 16.8 Å². The van der Waals surface area contributed by atoms with Crippen molar-refractivity contribution in [1.82, 2.24) is 4.90 Å². The molecule has 6 heteroatoms. The third-order valence-corrected chi connectivity index (χ3v) is 4.45. The number of benzene rings is 2. The van der Waals surface area contributed by atoms with Gasteiger partial charge in [0.2, 0.25) is 18.6 Å². The first kappa shape index (κ1) is 18.8. The van der Waals surface area contributed by atoms with Crippen LogP contribution in [0, 0.1) is 0 Å². The van der Waals surface area contributed by atoms with Crippen molar-refractivity contribution in [3.05, 3.63) is 53.6 Å². The second kappa shape index (κ2) is 8.12. The van der Waals surface area contributed by atoms with E-state index in [9.17, 15) is 9.59 Å². The fourth-order valence-electron chi connectivity index (χ4n) is 3.02. The highest BCUT2D eigenvalue weighted by Gasteiger charge is 2.18. The Hall–Kier alpha value is -3.02. The normalized spacial score (nSPS) is 12.1. The summed E-state index contributed by atoms with van der Waals surface area (Å²) in [6.07, 6.45) is 0. The quantitative estimate of drug-likeness (QED) is 0.847. The Morgan fingerprint density at radius 2 is 1.85 bits per heavy atom. The number of hydrogen-bond acceptors (Lipinski definition) is 4. The summed E-state index contributed by atoms with van der Waals surface area (Å²) in [7, 11) is 0. The van der Waals surface area contributed by atoms with E-state index in [4.69, 9.17) is 9.47 Å². The molecule has 0 aliphatic carbocycles. The fraction of sp³-hybridized carbons (Fsp3) is 0.333. The maximum atomic E-state index is 12.5. The Kier molecular flexibility index (Phi) is 5.64. The summed E-state index contributed by atoms with van der Waals surface area (Å²) in [4.78, 5) is 26.1. The molecule has 1 aliphatic heterocycles. The predicted octanol–water partition coefficient (Wildman–Crippen LogP) is 3.53. The number of para-hydroxylation sites is 1. The molecule has 1 N–H and O–H groups in total. The number of nitrogens with one attached hydrogen (secondary N) is 1. The highest BCUT2D eigenvalue weighted by Crippen LogP contribution is 2.32. The molecule has 0 bridgehead atoms. The molecule has 2 amide bonds. The number of rotatable bonds is 6. The van der Waals surface area contributed by atoms with Crippen LogP contribution in [0.3, 0.4) is 0 Å². The van der Waals surface area contributed by atoms with Gasteiger partial charge in [0.1, 0.15) is 6.54 Å². The molecule has 2 aromatic carbocycles. The van der Waals surface area contributed by atoms with E-state index in [1.165, 1.54) is 11.8 Å². The number of nitrogens with zero attached hydrogens (tertiary/aromatic N) is 1. The molecule has 0 unspecified atom stereocenters. The molecular weight excluding hydrogens is 344 g/mol. The van der Waals surface area contributed by atoms with Gasteiger partial charge >= 0.3 is 0 Å². The van der Waals surface area contributed by atoms with Crippen molar-refractivity contribution in [2.45, 2.75) is 33.2 Å². The van der Waals surface area contributed by atoms with E-state index in [1.54, 1.807) is 0 Å². The van der Waals surface area contributed by atoms with E-state index in [-0.39, 0.29) is 25.2 Å². The highest BCUT2D eigenvalue weighted by atomic mass is 16.7. The van der Waals surface area contributed by atoms with Gasteiger partial charge in [0.25, 0.3) is 0 Å². The minimum atomic E-state index is -0.223. The van der Waals surface area contributed by atoms with Gasteiger partial charge in [-0.3, -0.25) is 9.59 Å². The zero-order valence-corrected chi connectivity index (χ0v) is 15.8. The van der Waals surface area contributed by atoms with Gasteiger partial charge in [-0.25, -0.2) is 0 Å². The average Bonchev–Trinajstić information content (AvgIpc) is 3.09. The molecule has 0 spiro atoms. The lowest BCUT2D eigenvalue weighted by molar-refractivity contribution is -0.133. The lowest BCUT2D eigenvalue weighted by atomic mass is 10.0. The lowest BCUT2D eigenvalue weighted by Gasteiger charge is -2.21. The Labute approximate surface area is 159 Å². The van der Waals surface area contributed by atoms with Gasteiger partial charge in [-0.1, -0.05) is 38.1 Å². The topological polar surface area (TPSA) is 67.9 Å². The summed E-state index contributed by atoms with van der Waals surface area (Å²) in [5.41, 5.74) is 2.73. The molecule has 27 heavy (non-hydrogen) atoms. The number of carbonyl (C=O) groups is 2. The van der Waals surface area contributed by atoms with Crippen LogP contribution in [0.1, 0.15) is 37.8 Å². The summed E-state index contributed by atoms with van der Waals surface area (Å²) < 4.78 is 10.7. The van der Waals surface area contributed by atoms with E-state index < -0.39 is 0 Å². The van der Waals surface area contributed by atoms with Gasteiger partial charge in [0.15, 0.2) is 11.5 Å². The smallest absolute Gasteiger partial charge is 0.244 e. The first-order valence-corrected chi connectivity index (χ1v) is 8.97. The lowest BCUT2D eigenvalue weighted by Crippen LogP contribution is -2.36. The minimum absolute atomic E-state index is 0.0177. The molecule has 3 rings (SSSR count). The molecule has 1 heterocycles. The SMILES string of the molecule is CC(=O)N(CC(=O)Nc1ccccc1C(C)C)Cc1ccc2c(c1)OCO2. The molecule has 0 saturated carbocycles. The van der Waals surface area contributed by atoms with Crippen molar-refractivity contribution in [3.8, 4) is 11.5 Å². The van der Waals surface area contributed by atoms with Crippen molar-refractivity contribution in [2.24, 2.45) is 0 Å². The molecular formula is C21H24N2O4. The van der Waals surface area contributed by atoms with Crippen molar-refractivity contribution in [3.63, 3.8) is 0 Å². The maximum Gasteiger partial charge on any atom is 0.244 e. The summed E-state index contributed by atoms with van der Waals surface area (Å²) in [5, 5.41) is 2.93. The standard InChI is InChI=1S/C21H24N2O4/c1-14(2)17-6-4-5-7-18(17)22-21(25)12-23(15(3)24)11-16-8-9-19-20(10-16)27-13-26-19/h4-10,14H,11-13H2,1-3H3,(H,22,25). The molecule has 0 saturated heterocycles. The molecule has 2 aromatic rings. The summed E-state index contributed by atoms with van der Waals surface area (Å²) >= 11 is 0. The van der Waals surface area contributed by atoms with Crippen LogP contribution >= 0.6 is 0 Å². The van der Waals surface area contributed by atoms with Crippen molar-refractivity contribution in [1.29, 1.82) is 0 Å².